The molecule has 3 aromatic rings. The summed E-state index contributed by atoms with van der Waals surface area (Å²) in [6.07, 6.45) is 3.64. The van der Waals surface area contributed by atoms with Crippen LogP contribution < -0.4 is 5.32 Å². The van der Waals surface area contributed by atoms with Gasteiger partial charge in [0.1, 0.15) is 5.82 Å². The van der Waals surface area contributed by atoms with Crippen LogP contribution in [0.4, 0.5) is 4.39 Å². The molecule has 0 bridgehead atoms. The first-order valence-corrected chi connectivity index (χ1v) is 7.83. The van der Waals surface area contributed by atoms with Crippen molar-refractivity contribution in [1.82, 2.24) is 15.1 Å². The zero-order valence-electron chi connectivity index (χ0n) is 13.5. The Morgan fingerprint density at radius 3 is 2.54 bits per heavy atom. The topological polar surface area (TPSA) is 50.1 Å². The van der Waals surface area contributed by atoms with E-state index >= 15 is 0 Å². The zero-order chi connectivity index (χ0) is 17.0. The number of hydrogen-bond acceptors (Lipinski definition) is 3. The minimum Gasteiger partial charge on any atom is -0.384 e. The van der Waals surface area contributed by atoms with Gasteiger partial charge >= 0.3 is 0 Å². The molecule has 1 atom stereocenters. The van der Waals surface area contributed by atoms with E-state index in [0.29, 0.717) is 13.1 Å². The summed E-state index contributed by atoms with van der Waals surface area (Å²) in [5.74, 6) is -0.268. The van der Waals surface area contributed by atoms with Gasteiger partial charge in [0.25, 0.3) is 0 Å². The average Bonchev–Trinajstić information content (AvgIpc) is 3.05. The maximum atomic E-state index is 13.0. The van der Waals surface area contributed by atoms with Crippen LogP contribution in [0.3, 0.4) is 0 Å². The van der Waals surface area contributed by atoms with E-state index in [1.54, 1.807) is 29.9 Å². The lowest BCUT2D eigenvalue weighted by Crippen LogP contribution is -2.35. The Hall–Kier alpha value is -2.50. The van der Waals surface area contributed by atoms with Crippen LogP contribution in [0, 0.1) is 5.82 Å². The van der Waals surface area contributed by atoms with Crippen molar-refractivity contribution in [1.29, 1.82) is 0 Å². The summed E-state index contributed by atoms with van der Waals surface area (Å²) in [7, 11) is 0. The molecule has 0 aliphatic heterocycles. The van der Waals surface area contributed by atoms with Gasteiger partial charge in [0.05, 0.1) is 17.5 Å². The Bertz CT molecular complexity index is 782. The molecule has 24 heavy (non-hydrogen) atoms. The van der Waals surface area contributed by atoms with E-state index < -0.39 is 5.60 Å². The second-order valence-electron chi connectivity index (χ2n) is 6.01. The number of nitrogens with zero attached hydrogens (tertiary/aromatic N) is 2. The standard InChI is InChI=1S/C19H20FN3O/c1-19(24,16-5-3-2-4-6-16)14-21-11-15-12-22-23(13-15)18-9-7-17(20)8-10-18/h2-10,12-13,21,24H,11,14H2,1H3. The molecule has 2 aromatic carbocycles. The number of aliphatic hydroxyl groups is 1. The van der Waals surface area contributed by atoms with Crippen LogP contribution in [-0.2, 0) is 12.1 Å². The third-order valence-corrected chi connectivity index (χ3v) is 3.92. The van der Waals surface area contributed by atoms with E-state index in [4.69, 9.17) is 0 Å². The summed E-state index contributed by atoms with van der Waals surface area (Å²) in [6.45, 7) is 2.81. The van der Waals surface area contributed by atoms with E-state index in [1.165, 1.54) is 12.1 Å². The average molecular weight is 325 g/mol. The molecule has 4 nitrogen and oxygen atoms in total. The number of halogens is 1. The molecule has 0 aliphatic rings. The molecule has 0 saturated heterocycles. The first-order chi connectivity index (χ1) is 11.5. The molecule has 2 N–H and O–H groups in total. The van der Waals surface area contributed by atoms with Crippen molar-refractivity contribution in [2.45, 2.75) is 19.1 Å². The molecule has 1 heterocycles. The predicted molar refractivity (Wildman–Crippen MR) is 91.2 cm³/mol. The smallest absolute Gasteiger partial charge is 0.123 e. The summed E-state index contributed by atoms with van der Waals surface area (Å²) < 4.78 is 14.7. The Morgan fingerprint density at radius 2 is 1.83 bits per heavy atom. The lowest BCUT2D eigenvalue weighted by Gasteiger charge is -2.24. The Balaban J connectivity index is 1.59. The molecule has 5 heteroatoms. The SMILES string of the molecule is CC(O)(CNCc1cnn(-c2ccc(F)cc2)c1)c1ccccc1. The fourth-order valence-corrected chi connectivity index (χ4v) is 2.54. The van der Waals surface area contributed by atoms with Crippen molar-refractivity contribution in [2.24, 2.45) is 0 Å². The minimum absolute atomic E-state index is 0.268. The number of nitrogens with one attached hydrogen (secondary N) is 1. The Kier molecular flexibility index (Phi) is 4.74. The minimum atomic E-state index is -0.936. The van der Waals surface area contributed by atoms with Crippen LogP contribution >= 0.6 is 0 Å². The summed E-state index contributed by atoms with van der Waals surface area (Å²) in [5.41, 5.74) is 1.73. The Morgan fingerprint density at radius 1 is 1.12 bits per heavy atom. The Labute approximate surface area is 140 Å². The number of benzene rings is 2. The van der Waals surface area contributed by atoms with Crippen molar-refractivity contribution in [3.8, 4) is 5.69 Å². The first kappa shape index (κ1) is 16.4. The highest BCUT2D eigenvalue weighted by Gasteiger charge is 2.21. The van der Waals surface area contributed by atoms with Gasteiger partial charge in [-0.1, -0.05) is 30.3 Å². The van der Waals surface area contributed by atoms with Crippen LogP contribution in [0.5, 0.6) is 0 Å². The summed E-state index contributed by atoms with van der Waals surface area (Å²) >= 11 is 0. The van der Waals surface area contributed by atoms with Crippen LogP contribution in [0.2, 0.25) is 0 Å². The van der Waals surface area contributed by atoms with Gasteiger partial charge in [0, 0.05) is 24.8 Å². The normalized spacial score (nSPS) is 13.6. The molecular weight excluding hydrogens is 305 g/mol. The van der Waals surface area contributed by atoms with Crippen LogP contribution in [0.1, 0.15) is 18.1 Å². The van der Waals surface area contributed by atoms with Gasteiger partial charge in [0.2, 0.25) is 0 Å². The molecular formula is C19H20FN3O. The number of hydrogen-bond donors (Lipinski definition) is 2. The lowest BCUT2D eigenvalue weighted by atomic mass is 9.96. The molecule has 1 unspecified atom stereocenters. The van der Waals surface area contributed by atoms with E-state index in [1.807, 2.05) is 36.5 Å². The summed E-state index contributed by atoms with van der Waals surface area (Å²) in [4.78, 5) is 0. The highest BCUT2D eigenvalue weighted by atomic mass is 19.1. The fourth-order valence-electron chi connectivity index (χ4n) is 2.54. The molecule has 0 saturated carbocycles. The highest BCUT2D eigenvalue weighted by Crippen LogP contribution is 2.19. The van der Waals surface area contributed by atoms with Crippen molar-refractivity contribution < 1.29 is 9.50 Å². The van der Waals surface area contributed by atoms with Gasteiger partial charge in [-0.15, -0.1) is 0 Å². The summed E-state index contributed by atoms with van der Waals surface area (Å²) in [5, 5.41) is 18.1. The van der Waals surface area contributed by atoms with E-state index in [9.17, 15) is 9.50 Å². The molecule has 0 fully saturated rings. The molecule has 0 amide bonds. The lowest BCUT2D eigenvalue weighted by molar-refractivity contribution is 0.0567. The van der Waals surface area contributed by atoms with E-state index in [2.05, 4.69) is 10.4 Å². The van der Waals surface area contributed by atoms with Crippen LogP contribution in [0.25, 0.3) is 5.69 Å². The second kappa shape index (κ2) is 6.95. The van der Waals surface area contributed by atoms with E-state index in [-0.39, 0.29) is 5.82 Å². The quantitative estimate of drug-likeness (QED) is 0.732. The molecule has 0 aliphatic carbocycles. The van der Waals surface area contributed by atoms with Crippen LogP contribution in [0.15, 0.2) is 67.0 Å². The van der Waals surface area contributed by atoms with Gasteiger partial charge < -0.3 is 10.4 Å². The fraction of sp³-hybridized carbons (Fsp3) is 0.211. The maximum Gasteiger partial charge on any atom is 0.123 e. The van der Waals surface area contributed by atoms with E-state index in [0.717, 1.165) is 16.8 Å². The van der Waals surface area contributed by atoms with Gasteiger partial charge in [-0.05, 0) is 36.8 Å². The molecule has 1 aromatic heterocycles. The van der Waals surface area contributed by atoms with Crippen molar-refractivity contribution in [3.05, 3.63) is 83.9 Å². The van der Waals surface area contributed by atoms with Gasteiger partial charge in [0.15, 0.2) is 0 Å². The van der Waals surface area contributed by atoms with Gasteiger partial charge in [-0.25, -0.2) is 9.07 Å². The van der Waals surface area contributed by atoms with Gasteiger partial charge in [-0.3, -0.25) is 0 Å². The zero-order valence-corrected chi connectivity index (χ0v) is 13.5. The largest absolute Gasteiger partial charge is 0.384 e. The monoisotopic (exact) mass is 325 g/mol. The second-order valence-corrected chi connectivity index (χ2v) is 6.01. The number of aromatic nitrogens is 2. The molecule has 3 rings (SSSR count). The third-order valence-electron chi connectivity index (χ3n) is 3.92. The van der Waals surface area contributed by atoms with Crippen molar-refractivity contribution >= 4 is 0 Å². The van der Waals surface area contributed by atoms with Gasteiger partial charge in [-0.2, -0.15) is 5.10 Å². The predicted octanol–water partition coefficient (Wildman–Crippen LogP) is 3.01. The molecule has 124 valence electrons. The maximum absolute atomic E-state index is 13.0. The van der Waals surface area contributed by atoms with Crippen molar-refractivity contribution in [3.63, 3.8) is 0 Å². The molecule has 0 spiro atoms. The molecule has 0 radical (unpaired) electrons. The number of rotatable bonds is 6. The van der Waals surface area contributed by atoms with Crippen LogP contribution in [-0.4, -0.2) is 21.4 Å². The third kappa shape index (κ3) is 3.88. The van der Waals surface area contributed by atoms with Crippen molar-refractivity contribution in [2.75, 3.05) is 6.54 Å². The first-order valence-electron chi connectivity index (χ1n) is 7.83. The summed E-state index contributed by atoms with van der Waals surface area (Å²) in [6, 6.07) is 15.8. The highest BCUT2D eigenvalue weighted by molar-refractivity contribution is 5.31.